The minimum atomic E-state index is -0.335. The van der Waals surface area contributed by atoms with Crippen molar-refractivity contribution >= 4 is 21.8 Å². The molecule has 0 unspecified atom stereocenters. The second-order valence-corrected chi connectivity index (χ2v) is 7.11. The van der Waals surface area contributed by atoms with Crippen molar-refractivity contribution < 1.29 is 19.0 Å². The predicted octanol–water partition coefficient (Wildman–Crippen LogP) is 4.99. The molecule has 6 heteroatoms. The number of benzene rings is 3. The van der Waals surface area contributed by atoms with Crippen molar-refractivity contribution in [1.29, 1.82) is 0 Å². The molecule has 0 aliphatic heterocycles. The monoisotopic (exact) mass is 455 g/mol. The van der Waals surface area contributed by atoms with Gasteiger partial charge in [-0.2, -0.15) is 0 Å². The Morgan fingerprint density at radius 2 is 1.45 bits per heavy atom. The summed E-state index contributed by atoms with van der Waals surface area (Å²) in [5, 5.41) is 3.13. The van der Waals surface area contributed by atoms with Crippen LogP contribution in [0.2, 0.25) is 0 Å². The average Bonchev–Trinajstić information content (AvgIpc) is 2.77. The summed E-state index contributed by atoms with van der Waals surface area (Å²) in [4.78, 5) is 13.2. The van der Waals surface area contributed by atoms with E-state index in [0.717, 1.165) is 15.6 Å². The van der Waals surface area contributed by atoms with E-state index in [-0.39, 0.29) is 11.9 Å². The first-order chi connectivity index (χ1) is 14.1. The summed E-state index contributed by atoms with van der Waals surface area (Å²) in [6.07, 6.45) is 0. The summed E-state index contributed by atoms with van der Waals surface area (Å²) in [5.41, 5.74) is 2.34. The Bertz CT molecular complexity index is 966. The van der Waals surface area contributed by atoms with Crippen molar-refractivity contribution in [2.75, 3.05) is 21.3 Å². The number of carbonyl (C=O) groups excluding carboxylic acids is 1. The van der Waals surface area contributed by atoms with Gasteiger partial charge in [0.25, 0.3) is 5.91 Å². The third kappa shape index (κ3) is 4.54. The van der Waals surface area contributed by atoms with Crippen LogP contribution in [0.4, 0.5) is 0 Å². The first-order valence-electron chi connectivity index (χ1n) is 8.99. The molecule has 0 saturated heterocycles. The van der Waals surface area contributed by atoms with Crippen molar-refractivity contribution in [3.63, 3.8) is 0 Å². The fraction of sp³-hybridized carbons (Fsp3) is 0.174. The highest BCUT2D eigenvalue weighted by Gasteiger charge is 2.22. The van der Waals surface area contributed by atoms with Gasteiger partial charge in [-0.25, -0.2) is 0 Å². The molecule has 0 heterocycles. The molecule has 1 N–H and O–H groups in total. The molecular weight excluding hydrogens is 434 g/mol. The number of hydrogen-bond acceptors (Lipinski definition) is 4. The fourth-order valence-corrected chi connectivity index (χ4v) is 3.64. The molecule has 1 atom stereocenters. The molecule has 5 nitrogen and oxygen atoms in total. The molecule has 1 amide bonds. The zero-order chi connectivity index (χ0) is 20.8. The molecule has 0 fully saturated rings. The summed E-state index contributed by atoms with van der Waals surface area (Å²) in [5.74, 6) is 1.04. The predicted molar refractivity (Wildman–Crippen MR) is 116 cm³/mol. The van der Waals surface area contributed by atoms with Gasteiger partial charge in [0.1, 0.15) is 0 Å². The van der Waals surface area contributed by atoms with Crippen LogP contribution in [0, 0.1) is 0 Å². The molecule has 0 aromatic heterocycles. The van der Waals surface area contributed by atoms with Crippen LogP contribution in [-0.2, 0) is 0 Å². The lowest BCUT2D eigenvalue weighted by molar-refractivity contribution is 0.0942. The van der Waals surface area contributed by atoms with Gasteiger partial charge in [0.05, 0.1) is 27.4 Å². The lowest BCUT2D eigenvalue weighted by Crippen LogP contribution is -2.29. The third-order valence-corrected chi connectivity index (χ3v) is 5.27. The molecule has 0 bridgehead atoms. The summed E-state index contributed by atoms with van der Waals surface area (Å²) in [6, 6.07) is 20.6. The molecule has 0 aliphatic carbocycles. The molecule has 3 aromatic carbocycles. The van der Waals surface area contributed by atoms with E-state index < -0.39 is 0 Å². The zero-order valence-electron chi connectivity index (χ0n) is 16.4. The number of carbonyl (C=O) groups is 1. The van der Waals surface area contributed by atoms with E-state index >= 15 is 0 Å². The highest BCUT2D eigenvalue weighted by atomic mass is 79.9. The smallest absolute Gasteiger partial charge is 0.252 e. The number of nitrogens with one attached hydrogen (secondary N) is 1. The summed E-state index contributed by atoms with van der Waals surface area (Å²) < 4.78 is 17.0. The van der Waals surface area contributed by atoms with Crippen molar-refractivity contribution in [2.24, 2.45) is 0 Å². The fourth-order valence-electron chi connectivity index (χ4n) is 3.12. The molecule has 3 aromatic rings. The van der Waals surface area contributed by atoms with Crippen LogP contribution < -0.4 is 19.5 Å². The van der Waals surface area contributed by atoms with E-state index in [1.807, 2.05) is 54.6 Å². The molecule has 150 valence electrons. The first-order valence-corrected chi connectivity index (χ1v) is 9.78. The lowest BCUT2D eigenvalue weighted by atomic mass is 9.98. The van der Waals surface area contributed by atoms with Crippen molar-refractivity contribution in [1.82, 2.24) is 5.32 Å². The summed E-state index contributed by atoms with van der Waals surface area (Å²) in [7, 11) is 4.57. The van der Waals surface area contributed by atoms with Crippen molar-refractivity contribution in [3.05, 3.63) is 87.9 Å². The van der Waals surface area contributed by atoms with Gasteiger partial charge < -0.3 is 19.5 Å². The maximum Gasteiger partial charge on any atom is 0.252 e. The van der Waals surface area contributed by atoms with Crippen LogP contribution >= 0.6 is 15.9 Å². The largest absolute Gasteiger partial charge is 0.493 e. The van der Waals surface area contributed by atoms with Crippen LogP contribution in [0.5, 0.6) is 17.2 Å². The van der Waals surface area contributed by atoms with Gasteiger partial charge in [-0.3, -0.25) is 4.79 Å². The average molecular weight is 456 g/mol. The number of hydrogen-bond donors (Lipinski definition) is 1. The molecule has 0 saturated carbocycles. The standard InChI is InChI=1S/C23H22BrNO4/c1-27-19-13-16(14-20(28-2)22(19)29-3)23(26)25-21(15-9-5-4-6-10-15)17-11-7-8-12-18(17)24/h4-14,21H,1-3H3,(H,25,26)/t21-/m0/s1. The molecule has 29 heavy (non-hydrogen) atoms. The number of methoxy groups -OCH3 is 3. The van der Waals surface area contributed by atoms with Gasteiger partial charge in [0, 0.05) is 10.0 Å². The van der Waals surface area contributed by atoms with Crippen LogP contribution in [0.15, 0.2) is 71.2 Å². The molecule has 0 spiro atoms. The van der Waals surface area contributed by atoms with Gasteiger partial charge in [-0.15, -0.1) is 0 Å². The summed E-state index contributed by atoms with van der Waals surface area (Å²) in [6.45, 7) is 0. The topological polar surface area (TPSA) is 56.8 Å². The van der Waals surface area contributed by atoms with Gasteiger partial charge in [-0.05, 0) is 29.3 Å². The Morgan fingerprint density at radius 3 is 2.00 bits per heavy atom. The van der Waals surface area contributed by atoms with E-state index in [1.165, 1.54) is 21.3 Å². The molecule has 0 radical (unpaired) electrons. The van der Waals surface area contributed by atoms with Gasteiger partial charge in [0.2, 0.25) is 5.75 Å². The maximum atomic E-state index is 13.2. The minimum Gasteiger partial charge on any atom is -0.493 e. The maximum absolute atomic E-state index is 13.2. The van der Waals surface area contributed by atoms with E-state index in [9.17, 15) is 4.79 Å². The van der Waals surface area contributed by atoms with Gasteiger partial charge in [-0.1, -0.05) is 64.5 Å². The van der Waals surface area contributed by atoms with E-state index in [0.29, 0.717) is 22.8 Å². The Morgan fingerprint density at radius 1 is 0.862 bits per heavy atom. The van der Waals surface area contributed by atoms with Crippen molar-refractivity contribution in [3.8, 4) is 17.2 Å². The molecular formula is C23H22BrNO4. The van der Waals surface area contributed by atoms with Crippen LogP contribution in [0.25, 0.3) is 0 Å². The van der Waals surface area contributed by atoms with E-state index in [2.05, 4.69) is 21.2 Å². The molecule has 3 rings (SSSR count). The van der Waals surface area contributed by atoms with E-state index in [4.69, 9.17) is 14.2 Å². The van der Waals surface area contributed by atoms with Crippen LogP contribution in [-0.4, -0.2) is 27.2 Å². The third-order valence-electron chi connectivity index (χ3n) is 4.55. The van der Waals surface area contributed by atoms with Gasteiger partial charge >= 0.3 is 0 Å². The highest BCUT2D eigenvalue weighted by Crippen LogP contribution is 2.38. The van der Waals surface area contributed by atoms with Gasteiger partial charge in [0.15, 0.2) is 11.5 Å². The first kappa shape index (κ1) is 20.7. The minimum absolute atomic E-state index is 0.256. The number of ether oxygens (including phenoxy) is 3. The van der Waals surface area contributed by atoms with Crippen LogP contribution in [0.3, 0.4) is 0 Å². The SMILES string of the molecule is COc1cc(C(=O)N[C@@H](c2ccccc2)c2ccccc2Br)cc(OC)c1OC. The van der Waals surface area contributed by atoms with Crippen molar-refractivity contribution in [2.45, 2.75) is 6.04 Å². The normalized spacial score (nSPS) is 11.4. The van der Waals surface area contributed by atoms with Crippen LogP contribution in [0.1, 0.15) is 27.5 Å². The quantitative estimate of drug-likeness (QED) is 0.544. The Labute approximate surface area is 178 Å². The summed E-state index contributed by atoms with van der Waals surface area (Å²) >= 11 is 3.60. The Hall–Kier alpha value is -2.99. The Balaban J connectivity index is 2.01. The lowest BCUT2D eigenvalue weighted by Gasteiger charge is -2.22. The zero-order valence-corrected chi connectivity index (χ0v) is 18.0. The number of amides is 1. The Kier molecular flexibility index (Phi) is 6.77. The number of rotatable bonds is 7. The van der Waals surface area contributed by atoms with E-state index in [1.54, 1.807) is 12.1 Å². The number of halogens is 1. The second-order valence-electron chi connectivity index (χ2n) is 6.25. The highest BCUT2D eigenvalue weighted by molar-refractivity contribution is 9.10. The molecule has 0 aliphatic rings. The second kappa shape index (κ2) is 9.47.